The van der Waals surface area contributed by atoms with Crippen LogP contribution in [-0.4, -0.2) is 0 Å². The molecular formula is C15H13ClF2. The van der Waals surface area contributed by atoms with Crippen LogP contribution in [0.4, 0.5) is 8.78 Å². The molecule has 0 heterocycles. The Morgan fingerprint density at radius 2 is 1.83 bits per heavy atom. The van der Waals surface area contributed by atoms with Crippen molar-refractivity contribution in [1.82, 2.24) is 0 Å². The second kappa shape index (κ2) is 5.49. The Morgan fingerprint density at radius 1 is 1.06 bits per heavy atom. The van der Waals surface area contributed by atoms with Crippen LogP contribution in [0.2, 0.25) is 0 Å². The molecule has 18 heavy (non-hydrogen) atoms. The fourth-order valence-corrected chi connectivity index (χ4v) is 2.24. The fourth-order valence-electron chi connectivity index (χ4n) is 1.93. The van der Waals surface area contributed by atoms with Crippen LogP contribution in [0, 0.1) is 18.6 Å². The van der Waals surface area contributed by atoms with Crippen LogP contribution in [-0.2, 0) is 6.42 Å². The van der Waals surface area contributed by atoms with Crippen molar-refractivity contribution in [3.05, 3.63) is 70.8 Å². The van der Waals surface area contributed by atoms with Gasteiger partial charge in [0.2, 0.25) is 0 Å². The van der Waals surface area contributed by atoms with Gasteiger partial charge in [0.1, 0.15) is 11.6 Å². The topological polar surface area (TPSA) is 0 Å². The number of halogens is 3. The van der Waals surface area contributed by atoms with Gasteiger partial charge in [-0.05, 0) is 54.3 Å². The first-order valence-corrected chi connectivity index (χ1v) is 6.14. The molecule has 2 rings (SSSR count). The third kappa shape index (κ3) is 3.30. The second-order valence-electron chi connectivity index (χ2n) is 4.36. The molecule has 0 bridgehead atoms. The van der Waals surface area contributed by atoms with E-state index in [0.717, 1.165) is 16.7 Å². The molecule has 0 aliphatic rings. The maximum atomic E-state index is 13.3. The van der Waals surface area contributed by atoms with E-state index >= 15 is 0 Å². The molecular weight excluding hydrogens is 254 g/mol. The van der Waals surface area contributed by atoms with E-state index in [-0.39, 0.29) is 17.0 Å². The normalized spacial score (nSPS) is 12.4. The molecule has 0 N–H and O–H groups in total. The highest BCUT2D eigenvalue weighted by Gasteiger charge is 2.11. The van der Waals surface area contributed by atoms with Gasteiger partial charge in [0, 0.05) is 0 Å². The monoisotopic (exact) mass is 266 g/mol. The molecule has 1 atom stereocenters. The highest BCUT2D eigenvalue weighted by molar-refractivity contribution is 6.20. The highest BCUT2D eigenvalue weighted by Crippen LogP contribution is 2.26. The third-order valence-corrected chi connectivity index (χ3v) is 3.14. The molecule has 94 valence electrons. The summed E-state index contributed by atoms with van der Waals surface area (Å²) in [7, 11) is 0. The molecule has 0 aromatic heterocycles. The van der Waals surface area contributed by atoms with Crippen molar-refractivity contribution >= 4 is 11.6 Å². The molecule has 0 radical (unpaired) electrons. The molecule has 0 fully saturated rings. The van der Waals surface area contributed by atoms with Crippen LogP contribution in [0.3, 0.4) is 0 Å². The van der Waals surface area contributed by atoms with Crippen LogP contribution in [0.1, 0.15) is 22.1 Å². The summed E-state index contributed by atoms with van der Waals surface area (Å²) in [6.45, 7) is 1.82. The zero-order valence-electron chi connectivity index (χ0n) is 9.96. The van der Waals surface area contributed by atoms with Crippen LogP contribution in [0.25, 0.3) is 0 Å². The number of aryl methyl sites for hydroxylation is 1. The van der Waals surface area contributed by atoms with E-state index in [0.29, 0.717) is 6.42 Å². The Balaban J connectivity index is 2.19. The predicted octanol–water partition coefficient (Wildman–Crippen LogP) is 4.80. The van der Waals surface area contributed by atoms with E-state index in [2.05, 4.69) is 0 Å². The summed E-state index contributed by atoms with van der Waals surface area (Å²) in [4.78, 5) is 0. The van der Waals surface area contributed by atoms with Crippen LogP contribution in [0.15, 0.2) is 42.5 Å². The standard InChI is InChI=1S/C15H13ClF2/c1-10-5-12(9-14(18)6-10)15(16)8-11-3-2-4-13(17)7-11/h2-7,9,15H,8H2,1H3. The highest BCUT2D eigenvalue weighted by atomic mass is 35.5. The smallest absolute Gasteiger partial charge is 0.123 e. The van der Waals surface area contributed by atoms with Crippen molar-refractivity contribution in [1.29, 1.82) is 0 Å². The van der Waals surface area contributed by atoms with E-state index in [1.54, 1.807) is 6.07 Å². The minimum atomic E-state index is -0.360. The van der Waals surface area contributed by atoms with Gasteiger partial charge in [-0.25, -0.2) is 8.78 Å². The Bertz CT molecular complexity index is 532. The molecule has 0 nitrogen and oxygen atoms in total. The zero-order chi connectivity index (χ0) is 13.1. The molecule has 0 amide bonds. The summed E-state index contributed by atoms with van der Waals surface area (Å²) < 4.78 is 26.3. The lowest BCUT2D eigenvalue weighted by molar-refractivity contribution is 0.621. The summed E-state index contributed by atoms with van der Waals surface area (Å²) >= 11 is 6.25. The summed E-state index contributed by atoms with van der Waals surface area (Å²) in [6.07, 6.45) is 0.474. The molecule has 0 saturated carbocycles. The van der Waals surface area contributed by atoms with Crippen molar-refractivity contribution in [2.45, 2.75) is 18.7 Å². The van der Waals surface area contributed by atoms with Gasteiger partial charge in [-0.2, -0.15) is 0 Å². The second-order valence-corrected chi connectivity index (χ2v) is 4.89. The van der Waals surface area contributed by atoms with Crippen LogP contribution >= 0.6 is 11.6 Å². The Hall–Kier alpha value is -1.41. The molecule has 2 aromatic carbocycles. The average Bonchev–Trinajstić information content (AvgIpc) is 2.27. The Labute approximate surface area is 110 Å². The van der Waals surface area contributed by atoms with Crippen LogP contribution in [0.5, 0.6) is 0 Å². The lowest BCUT2D eigenvalue weighted by Crippen LogP contribution is -1.98. The van der Waals surface area contributed by atoms with Gasteiger partial charge in [0.25, 0.3) is 0 Å². The van der Waals surface area contributed by atoms with Gasteiger partial charge in [-0.1, -0.05) is 18.2 Å². The molecule has 3 heteroatoms. The van der Waals surface area contributed by atoms with E-state index in [1.807, 2.05) is 19.1 Å². The molecule has 0 spiro atoms. The summed E-state index contributed by atoms with van der Waals surface area (Å²) in [5.74, 6) is -0.582. The fraction of sp³-hybridized carbons (Fsp3) is 0.200. The van der Waals surface area contributed by atoms with Crippen molar-refractivity contribution in [3.63, 3.8) is 0 Å². The predicted molar refractivity (Wildman–Crippen MR) is 69.8 cm³/mol. The minimum Gasteiger partial charge on any atom is -0.207 e. The SMILES string of the molecule is Cc1cc(F)cc(C(Cl)Cc2cccc(F)c2)c1. The molecule has 0 aliphatic carbocycles. The Kier molecular flexibility index (Phi) is 3.97. The first-order valence-electron chi connectivity index (χ1n) is 5.70. The van der Waals surface area contributed by atoms with Gasteiger partial charge in [0.15, 0.2) is 0 Å². The number of hydrogen-bond acceptors (Lipinski definition) is 0. The molecule has 0 saturated heterocycles. The van der Waals surface area contributed by atoms with Crippen molar-refractivity contribution < 1.29 is 8.78 Å². The van der Waals surface area contributed by atoms with E-state index in [1.165, 1.54) is 24.3 Å². The van der Waals surface area contributed by atoms with Gasteiger partial charge >= 0.3 is 0 Å². The largest absolute Gasteiger partial charge is 0.207 e. The van der Waals surface area contributed by atoms with E-state index < -0.39 is 0 Å². The van der Waals surface area contributed by atoms with Crippen LogP contribution < -0.4 is 0 Å². The molecule has 1 unspecified atom stereocenters. The maximum absolute atomic E-state index is 13.3. The lowest BCUT2D eigenvalue weighted by atomic mass is 10.0. The number of rotatable bonds is 3. The first kappa shape index (κ1) is 13.0. The van der Waals surface area contributed by atoms with Gasteiger partial charge in [0.05, 0.1) is 5.38 Å². The quantitative estimate of drug-likeness (QED) is 0.701. The number of alkyl halides is 1. The first-order chi connectivity index (χ1) is 8.54. The minimum absolute atomic E-state index is 0.285. The Morgan fingerprint density at radius 3 is 2.50 bits per heavy atom. The number of hydrogen-bond donors (Lipinski definition) is 0. The van der Waals surface area contributed by atoms with Gasteiger partial charge in [-0.3, -0.25) is 0 Å². The maximum Gasteiger partial charge on any atom is 0.123 e. The number of benzene rings is 2. The van der Waals surface area contributed by atoms with E-state index in [4.69, 9.17) is 11.6 Å². The average molecular weight is 267 g/mol. The summed E-state index contributed by atoms with van der Waals surface area (Å²) in [5, 5.41) is -0.360. The zero-order valence-corrected chi connectivity index (χ0v) is 10.7. The lowest BCUT2D eigenvalue weighted by Gasteiger charge is -2.11. The summed E-state index contributed by atoms with van der Waals surface area (Å²) in [5.41, 5.74) is 2.35. The van der Waals surface area contributed by atoms with Crippen molar-refractivity contribution in [2.75, 3.05) is 0 Å². The van der Waals surface area contributed by atoms with Gasteiger partial charge < -0.3 is 0 Å². The van der Waals surface area contributed by atoms with E-state index in [9.17, 15) is 8.78 Å². The van der Waals surface area contributed by atoms with Crippen molar-refractivity contribution in [3.8, 4) is 0 Å². The third-order valence-electron chi connectivity index (χ3n) is 2.73. The van der Waals surface area contributed by atoms with Crippen molar-refractivity contribution in [2.24, 2.45) is 0 Å². The van der Waals surface area contributed by atoms with Gasteiger partial charge in [-0.15, -0.1) is 11.6 Å². The molecule has 0 aliphatic heterocycles. The molecule has 2 aromatic rings. The summed E-state index contributed by atoms with van der Waals surface area (Å²) in [6, 6.07) is 11.0.